The molecule has 0 radical (unpaired) electrons. The van der Waals surface area contributed by atoms with E-state index in [4.69, 9.17) is 16.1 Å². The van der Waals surface area contributed by atoms with Crippen LogP contribution in [0.4, 0.5) is 5.82 Å². The highest BCUT2D eigenvalue weighted by Crippen LogP contribution is 2.29. The molecule has 0 saturated carbocycles. The Kier molecular flexibility index (Phi) is 5.36. The summed E-state index contributed by atoms with van der Waals surface area (Å²) in [4.78, 5) is 12.5. The van der Waals surface area contributed by atoms with Crippen molar-refractivity contribution in [2.24, 2.45) is 5.92 Å². The van der Waals surface area contributed by atoms with Crippen molar-refractivity contribution >= 4 is 33.3 Å². The maximum absolute atomic E-state index is 12.9. The molecule has 0 atom stereocenters. The summed E-state index contributed by atoms with van der Waals surface area (Å²) in [6.45, 7) is 3.99. The van der Waals surface area contributed by atoms with Gasteiger partial charge in [0.15, 0.2) is 5.82 Å². The van der Waals surface area contributed by atoms with Gasteiger partial charge in [0.1, 0.15) is 5.76 Å². The smallest absolute Gasteiger partial charge is 0.243 e. The summed E-state index contributed by atoms with van der Waals surface area (Å²) in [5.41, 5.74) is 0.537. The van der Waals surface area contributed by atoms with E-state index in [1.807, 2.05) is 0 Å². The number of aryl methyl sites for hydroxylation is 1. The van der Waals surface area contributed by atoms with E-state index in [0.717, 1.165) is 0 Å². The number of nitrogens with one attached hydrogen (secondary N) is 1. The second-order valence-corrected chi connectivity index (χ2v) is 8.67. The van der Waals surface area contributed by atoms with Gasteiger partial charge in [0.05, 0.1) is 4.90 Å². The predicted molar refractivity (Wildman–Crippen MR) is 97.5 cm³/mol. The van der Waals surface area contributed by atoms with Crippen LogP contribution in [0.3, 0.4) is 0 Å². The first kappa shape index (κ1) is 18.9. The maximum Gasteiger partial charge on any atom is 0.243 e. The Morgan fingerprint density at radius 3 is 2.62 bits per heavy atom. The minimum Gasteiger partial charge on any atom is -0.360 e. The van der Waals surface area contributed by atoms with Crippen molar-refractivity contribution in [1.82, 2.24) is 9.46 Å². The largest absolute Gasteiger partial charge is 0.360 e. The zero-order chi connectivity index (χ0) is 18.9. The van der Waals surface area contributed by atoms with Gasteiger partial charge in [-0.1, -0.05) is 22.8 Å². The Labute approximate surface area is 157 Å². The van der Waals surface area contributed by atoms with Gasteiger partial charge in [-0.15, -0.1) is 0 Å². The van der Waals surface area contributed by atoms with E-state index in [1.54, 1.807) is 38.1 Å². The summed E-state index contributed by atoms with van der Waals surface area (Å²) >= 11 is 6.05. The first-order valence-electron chi connectivity index (χ1n) is 8.28. The monoisotopic (exact) mass is 397 g/mol. The zero-order valence-electron chi connectivity index (χ0n) is 14.5. The third-order valence-electron chi connectivity index (χ3n) is 4.54. The van der Waals surface area contributed by atoms with E-state index in [-0.39, 0.29) is 29.8 Å². The molecule has 1 fully saturated rings. The predicted octanol–water partition coefficient (Wildman–Crippen LogP) is 2.98. The topological polar surface area (TPSA) is 92.5 Å². The second kappa shape index (κ2) is 7.38. The number of amides is 1. The van der Waals surface area contributed by atoms with Gasteiger partial charge in [-0.05, 0) is 44.4 Å². The Balaban J connectivity index is 1.66. The Morgan fingerprint density at radius 1 is 1.31 bits per heavy atom. The summed E-state index contributed by atoms with van der Waals surface area (Å²) < 4.78 is 32.1. The number of carbonyl (C=O) groups is 1. The first-order valence-corrected chi connectivity index (χ1v) is 10.1. The molecule has 1 N–H and O–H groups in total. The third-order valence-corrected chi connectivity index (χ3v) is 6.99. The maximum atomic E-state index is 12.9. The van der Waals surface area contributed by atoms with E-state index in [2.05, 4.69) is 10.5 Å². The average molecular weight is 398 g/mol. The van der Waals surface area contributed by atoms with Crippen molar-refractivity contribution in [1.29, 1.82) is 0 Å². The fraction of sp³-hybridized carbons (Fsp3) is 0.412. The number of piperidine rings is 1. The SMILES string of the molecule is Cc1cc(NC(=O)C2CCN(S(=O)(=O)c3cccc(Cl)c3C)CC2)no1. The first-order chi connectivity index (χ1) is 12.3. The molecule has 140 valence electrons. The quantitative estimate of drug-likeness (QED) is 0.856. The van der Waals surface area contributed by atoms with Crippen LogP contribution in [-0.4, -0.2) is 36.9 Å². The van der Waals surface area contributed by atoms with Crippen LogP contribution < -0.4 is 5.32 Å². The van der Waals surface area contributed by atoms with E-state index in [1.165, 1.54) is 4.31 Å². The van der Waals surface area contributed by atoms with E-state index in [0.29, 0.717) is 35.0 Å². The summed E-state index contributed by atoms with van der Waals surface area (Å²) in [7, 11) is -3.63. The highest BCUT2D eigenvalue weighted by Gasteiger charge is 2.33. The fourth-order valence-electron chi connectivity index (χ4n) is 3.02. The molecule has 1 aromatic carbocycles. The summed E-state index contributed by atoms with van der Waals surface area (Å²) in [5.74, 6) is 0.545. The molecule has 2 aromatic rings. The van der Waals surface area contributed by atoms with Crippen LogP contribution in [0.2, 0.25) is 5.02 Å². The number of benzene rings is 1. The third kappa shape index (κ3) is 3.77. The number of carbonyl (C=O) groups excluding carboxylic acids is 1. The molecular weight excluding hydrogens is 378 g/mol. The number of sulfonamides is 1. The standard InChI is InChI=1S/C17H20ClN3O4S/c1-11-10-16(20-25-11)19-17(22)13-6-8-21(9-7-13)26(23,24)15-5-3-4-14(18)12(15)2/h3-5,10,13H,6-9H2,1-2H3,(H,19,20,22). The minimum absolute atomic E-state index is 0.172. The van der Waals surface area contributed by atoms with Crippen LogP contribution in [0.25, 0.3) is 0 Å². The molecule has 26 heavy (non-hydrogen) atoms. The van der Waals surface area contributed by atoms with Crippen molar-refractivity contribution in [2.75, 3.05) is 18.4 Å². The lowest BCUT2D eigenvalue weighted by atomic mass is 9.97. The van der Waals surface area contributed by atoms with Gasteiger partial charge >= 0.3 is 0 Å². The van der Waals surface area contributed by atoms with Crippen molar-refractivity contribution in [2.45, 2.75) is 31.6 Å². The molecule has 0 aliphatic carbocycles. The van der Waals surface area contributed by atoms with Gasteiger partial charge < -0.3 is 9.84 Å². The molecule has 1 saturated heterocycles. The van der Waals surface area contributed by atoms with Crippen molar-refractivity contribution < 1.29 is 17.7 Å². The molecule has 0 unspecified atom stereocenters. The highest BCUT2D eigenvalue weighted by atomic mass is 35.5. The van der Waals surface area contributed by atoms with Crippen LogP contribution in [0.1, 0.15) is 24.2 Å². The van der Waals surface area contributed by atoms with E-state index in [9.17, 15) is 13.2 Å². The van der Waals surface area contributed by atoms with Crippen molar-refractivity contribution in [3.8, 4) is 0 Å². The summed E-state index contributed by atoms with van der Waals surface area (Å²) in [6, 6.07) is 6.49. The molecule has 1 aromatic heterocycles. The van der Waals surface area contributed by atoms with Crippen LogP contribution in [-0.2, 0) is 14.8 Å². The van der Waals surface area contributed by atoms with Crippen LogP contribution in [0.15, 0.2) is 33.7 Å². The number of hydrogen-bond donors (Lipinski definition) is 1. The Bertz CT molecular complexity index is 918. The minimum atomic E-state index is -3.63. The lowest BCUT2D eigenvalue weighted by Crippen LogP contribution is -2.41. The van der Waals surface area contributed by atoms with Gasteiger partial charge in [0.25, 0.3) is 0 Å². The molecule has 1 amide bonds. The van der Waals surface area contributed by atoms with E-state index < -0.39 is 10.0 Å². The van der Waals surface area contributed by atoms with Gasteiger partial charge in [-0.25, -0.2) is 8.42 Å². The molecule has 7 nitrogen and oxygen atoms in total. The summed E-state index contributed by atoms with van der Waals surface area (Å²) in [6.07, 6.45) is 0.892. The molecule has 0 spiro atoms. The average Bonchev–Trinajstić information content (AvgIpc) is 3.02. The molecule has 0 bridgehead atoms. The fourth-order valence-corrected chi connectivity index (χ4v) is 4.97. The Hall–Kier alpha value is -1.90. The molecule has 1 aliphatic heterocycles. The number of nitrogens with zero attached hydrogens (tertiary/aromatic N) is 2. The van der Waals surface area contributed by atoms with Crippen LogP contribution >= 0.6 is 11.6 Å². The lowest BCUT2D eigenvalue weighted by Gasteiger charge is -2.30. The van der Waals surface area contributed by atoms with Gasteiger partial charge in [0.2, 0.25) is 15.9 Å². The molecular formula is C17H20ClN3O4S. The van der Waals surface area contributed by atoms with Crippen LogP contribution in [0, 0.1) is 19.8 Å². The number of aromatic nitrogens is 1. The molecule has 2 heterocycles. The molecule has 3 rings (SSSR count). The van der Waals surface area contributed by atoms with Crippen molar-refractivity contribution in [3.05, 3.63) is 40.6 Å². The normalized spacial score (nSPS) is 16.6. The zero-order valence-corrected chi connectivity index (χ0v) is 16.1. The number of hydrogen-bond acceptors (Lipinski definition) is 5. The molecule has 9 heteroatoms. The number of halogens is 1. The number of rotatable bonds is 4. The van der Waals surface area contributed by atoms with Gasteiger partial charge in [-0.2, -0.15) is 4.31 Å². The highest BCUT2D eigenvalue weighted by molar-refractivity contribution is 7.89. The molecule has 1 aliphatic rings. The van der Waals surface area contributed by atoms with Gasteiger partial charge in [0, 0.05) is 30.1 Å². The van der Waals surface area contributed by atoms with Crippen LogP contribution in [0.5, 0.6) is 0 Å². The Morgan fingerprint density at radius 2 is 2.00 bits per heavy atom. The summed E-state index contributed by atoms with van der Waals surface area (Å²) in [5, 5.41) is 6.86. The number of anilines is 1. The second-order valence-electron chi connectivity index (χ2n) is 6.35. The van der Waals surface area contributed by atoms with E-state index >= 15 is 0 Å². The van der Waals surface area contributed by atoms with Gasteiger partial charge in [-0.3, -0.25) is 4.79 Å². The van der Waals surface area contributed by atoms with Crippen molar-refractivity contribution in [3.63, 3.8) is 0 Å². The lowest BCUT2D eigenvalue weighted by molar-refractivity contribution is -0.120.